The van der Waals surface area contributed by atoms with E-state index in [9.17, 15) is 13.2 Å². The fourth-order valence-corrected chi connectivity index (χ4v) is 4.42. The van der Waals surface area contributed by atoms with Crippen LogP contribution in [0.1, 0.15) is 29.3 Å². The topological polar surface area (TPSA) is 63.7 Å². The zero-order valence-corrected chi connectivity index (χ0v) is 14.5. The predicted octanol–water partition coefficient (Wildman–Crippen LogP) is 3.04. The summed E-state index contributed by atoms with van der Waals surface area (Å²) in [5.74, 6) is 0.537. The monoisotopic (exact) mass is 345 g/mol. The van der Waals surface area contributed by atoms with Gasteiger partial charge < -0.3 is 4.74 Å². The first kappa shape index (κ1) is 16.5. The summed E-state index contributed by atoms with van der Waals surface area (Å²) in [7, 11) is -2.12. The Balaban J connectivity index is 2.04. The normalized spacial score (nSPS) is 14.2. The number of aryl methyl sites for hydroxylation is 1. The Kier molecular flexibility index (Phi) is 4.32. The molecule has 1 aliphatic heterocycles. The van der Waals surface area contributed by atoms with E-state index in [-0.39, 0.29) is 10.7 Å². The second-order valence-corrected chi connectivity index (χ2v) is 7.62. The summed E-state index contributed by atoms with van der Waals surface area (Å²) in [6, 6.07) is 11.6. The highest BCUT2D eigenvalue weighted by Gasteiger charge is 2.29. The molecule has 2 aromatic carbocycles. The first-order chi connectivity index (χ1) is 11.4. The molecule has 0 atom stereocenters. The maximum absolute atomic E-state index is 13.0. The van der Waals surface area contributed by atoms with Gasteiger partial charge in [0.15, 0.2) is 5.78 Å². The van der Waals surface area contributed by atoms with E-state index in [4.69, 9.17) is 4.74 Å². The third kappa shape index (κ3) is 2.89. The molecule has 3 rings (SSSR count). The number of hydrogen-bond acceptors (Lipinski definition) is 4. The number of nitrogens with zero attached hydrogens (tertiary/aromatic N) is 1. The Morgan fingerprint density at radius 1 is 1.12 bits per heavy atom. The average molecular weight is 345 g/mol. The van der Waals surface area contributed by atoms with Crippen LogP contribution in [0.5, 0.6) is 5.75 Å². The minimum atomic E-state index is -3.68. The molecule has 126 valence electrons. The number of ether oxygens (including phenoxy) is 1. The van der Waals surface area contributed by atoms with Crippen molar-refractivity contribution in [2.75, 3.05) is 18.0 Å². The molecular formula is C18H19NO4S. The zero-order valence-electron chi connectivity index (χ0n) is 13.7. The predicted molar refractivity (Wildman–Crippen MR) is 92.3 cm³/mol. The fourth-order valence-electron chi connectivity index (χ4n) is 2.89. The van der Waals surface area contributed by atoms with Gasteiger partial charge in [-0.25, -0.2) is 8.42 Å². The van der Waals surface area contributed by atoms with E-state index in [0.717, 1.165) is 18.4 Å². The molecule has 0 aliphatic carbocycles. The number of rotatable bonds is 4. The molecule has 2 aromatic rings. The Morgan fingerprint density at radius 3 is 2.46 bits per heavy atom. The maximum atomic E-state index is 13.0. The molecule has 0 amide bonds. The van der Waals surface area contributed by atoms with Crippen LogP contribution in [-0.4, -0.2) is 27.9 Å². The lowest BCUT2D eigenvalue weighted by molar-refractivity contribution is 0.101. The molecule has 1 aliphatic rings. The zero-order chi connectivity index (χ0) is 17.3. The van der Waals surface area contributed by atoms with Gasteiger partial charge in [0.2, 0.25) is 0 Å². The number of Topliss-reactive ketones (excluding diaryl/α,β-unsaturated/α-hetero) is 1. The number of fused-ring (bicyclic) bond motifs is 1. The van der Waals surface area contributed by atoms with E-state index < -0.39 is 10.0 Å². The van der Waals surface area contributed by atoms with Gasteiger partial charge in [-0.2, -0.15) is 0 Å². The number of carbonyl (C=O) groups is 1. The highest BCUT2D eigenvalue weighted by molar-refractivity contribution is 7.92. The third-order valence-corrected chi connectivity index (χ3v) is 6.04. The van der Waals surface area contributed by atoms with Crippen LogP contribution in [-0.2, 0) is 16.4 Å². The Bertz CT molecular complexity index is 872. The largest absolute Gasteiger partial charge is 0.497 e. The summed E-state index contributed by atoms with van der Waals surface area (Å²) >= 11 is 0. The molecule has 0 fully saturated rings. The highest BCUT2D eigenvalue weighted by Crippen LogP contribution is 2.34. The van der Waals surface area contributed by atoms with Gasteiger partial charge in [0, 0.05) is 18.2 Å². The van der Waals surface area contributed by atoms with Crippen molar-refractivity contribution in [2.45, 2.75) is 24.7 Å². The first-order valence-electron chi connectivity index (χ1n) is 7.74. The molecule has 0 N–H and O–H groups in total. The highest BCUT2D eigenvalue weighted by atomic mass is 32.2. The van der Waals surface area contributed by atoms with E-state index in [1.807, 2.05) is 12.1 Å². The summed E-state index contributed by atoms with van der Waals surface area (Å²) in [4.78, 5) is 11.6. The molecule has 0 saturated heterocycles. The number of benzene rings is 2. The van der Waals surface area contributed by atoms with Crippen molar-refractivity contribution in [3.8, 4) is 5.75 Å². The van der Waals surface area contributed by atoms with E-state index in [0.29, 0.717) is 23.5 Å². The molecule has 0 aromatic heterocycles. The second kappa shape index (κ2) is 6.28. The molecule has 24 heavy (non-hydrogen) atoms. The summed E-state index contributed by atoms with van der Waals surface area (Å²) in [5.41, 5.74) is 2.15. The summed E-state index contributed by atoms with van der Waals surface area (Å²) in [5, 5.41) is 0. The van der Waals surface area contributed by atoms with Crippen LogP contribution < -0.4 is 9.04 Å². The number of carbonyl (C=O) groups excluding carboxylic acids is 1. The number of methoxy groups -OCH3 is 1. The maximum Gasteiger partial charge on any atom is 0.264 e. The van der Waals surface area contributed by atoms with Crippen molar-refractivity contribution >= 4 is 21.5 Å². The quantitative estimate of drug-likeness (QED) is 0.799. The Morgan fingerprint density at radius 2 is 1.83 bits per heavy atom. The van der Waals surface area contributed by atoms with Crippen LogP contribution in [0, 0.1) is 0 Å². The van der Waals surface area contributed by atoms with Crippen molar-refractivity contribution in [3.05, 3.63) is 53.6 Å². The van der Waals surface area contributed by atoms with Gasteiger partial charge in [-0.1, -0.05) is 18.2 Å². The second-order valence-electron chi connectivity index (χ2n) is 5.76. The molecule has 1 heterocycles. The van der Waals surface area contributed by atoms with Gasteiger partial charge in [0.25, 0.3) is 10.0 Å². The number of anilines is 1. The molecule has 0 radical (unpaired) electrons. The average Bonchev–Trinajstić information content (AvgIpc) is 2.60. The summed E-state index contributed by atoms with van der Waals surface area (Å²) in [6.45, 7) is 1.88. The lowest BCUT2D eigenvalue weighted by Gasteiger charge is -2.30. The van der Waals surface area contributed by atoms with Crippen LogP contribution in [0.2, 0.25) is 0 Å². The molecule has 6 heteroatoms. The first-order valence-corrected chi connectivity index (χ1v) is 9.18. The van der Waals surface area contributed by atoms with Gasteiger partial charge >= 0.3 is 0 Å². The number of sulfonamides is 1. The smallest absolute Gasteiger partial charge is 0.264 e. The van der Waals surface area contributed by atoms with Gasteiger partial charge in [0.05, 0.1) is 17.7 Å². The van der Waals surface area contributed by atoms with E-state index >= 15 is 0 Å². The minimum Gasteiger partial charge on any atom is -0.497 e. The molecule has 0 unspecified atom stereocenters. The van der Waals surface area contributed by atoms with Crippen LogP contribution in [0.3, 0.4) is 0 Å². The van der Waals surface area contributed by atoms with Crippen LogP contribution >= 0.6 is 0 Å². The molecule has 0 saturated carbocycles. The van der Waals surface area contributed by atoms with E-state index in [2.05, 4.69) is 0 Å². The lowest BCUT2D eigenvalue weighted by Crippen LogP contribution is -2.35. The van der Waals surface area contributed by atoms with Gasteiger partial charge in [-0.3, -0.25) is 9.10 Å². The van der Waals surface area contributed by atoms with Crippen molar-refractivity contribution in [1.82, 2.24) is 0 Å². The number of hydrogen-bond donors (Lipinski definition) is 0. The van der Waals surface area contributed by atoms with E-state index in [1.165, 1.54) is 23.4 Å². The summed E-state index contributed by atoms with van der Waals surface area (Å²) < 4.78 is 32.7. The standard InChI is InChI=1S/C18H19NO4S/c1-13(20)14-6-9-17(10-7-14)24(21,22)19-11-3-4-15-5-8-16(23-2)12-18(15)19/h5-10,12H,3-4,11H2,1-2H3. The van der Waals surface area contributed by atoms with Gasteiger partial charge in [-0.05, 0) is 43.5 Å². The summed E-state index contributed by atoms with van der Waals surface area (Å²) in [6.07, 6.45) is 1.61. The van der Waals surface area contributed by atoms with Crippen LogP contribution in [0.15, 0.2) is 47.4 Å². The van der Waals surface area contributed by atoms with Gasteiger partial charge in [0.1, 0.15) is 5.75 Å². The van der Waals surface area contributed by atoms with E-state index in [1.54, 1.807) is 25.3 Å². The van der Waals surface area contributed by atoms with Crippen LogP contribution in [0.4, 0.5) is 5.69 Å². The minimum absolute atomic E-state index is 0.0907. The third-order valence-electron chi connectivity index (χ3n) is 4.22. The SMILES string of the molecule is COc1ccc2c(c1)N(S(=O)(=O)c1ccc(C(C)=O)cc1)CCC2. The van der Waals surface area contributed by atoms with Gasteiger partial charge in [-0.15, -0.1) is 0 Å². The lowest BCUT2D eigenvalue weighted by atomic mass is 10.0. The molecule has 0 spiro atoms. The van der Waals surface area contributed by atoms with Crippen molar-refractivity contribution < 1.29 is 17.9 Å². The molecular weight excluding hydrogens is 326 g/mol. The van der Waals surface area contributed by atoms with Crippen molar-refractivity contribution in [2.24, 2.45) is 0 Å². The molecule has 5 nitrogen and oxygen atoms in total. The molecule has 0 bridgehead atoms. The van der Waals surface area contributed by atoms with Crippen molar-refractivity contribution in [3.63, 3.8) is 0 Å². The number of ketones is 1. The van der Waals surface area contributed by atoms with Crippen molar-refractivity contribution in [1.29, 1.82) is 0 Å². The fraction of sp³-hybridized carbons (Fsp3) is 0.278. The Labute approximate surface area is 141 Å². The Hall–Kier alpha value is -2.34. The van der Waals surface area contributed by atoms with Crippen LogP contribution in [0.25, 0.3) is 0 Å².